The molecule has 7 aromatic rings. The van der Waals surface area contributed by atoms with E-state index >= 15 is 13.6 Å². The van der Waals surface area contributed by atoms with Gasteiger partial charge in [0.1, 0.15) is 60.4 Å². The molecule has 0 bridgehead atoms. The van der Waals surface area contributed by atoms with Gasteiger partial charge in [0.2, 0.25) is 65.0 Å². The molecule has 606 valence electrons. The van der Waals surface area contributed by atoms with Crippen LogP contribution in [0.4, 0.5) is 8.78 Å². The number of carboxylic acid groups (broad SMARTS) is 5. The molecule has 2 aromatic heterocycles. The van der Waals surface area contributed by atoms with Gasteiger partial charge in [0, 0.05) is 91.6 Å². The summed E-state index contributed by atoms with van der Waals surface area (Å²) < 4.78 is 41.9. The van der Waals surface area contributed by atoms with Crippen molar-refractivity contribution < 1.29 is 125 Å². The minimum absolute atomic E-state index is 0.158. The molecule has 10 atom stereocenters. The Kier molecular flexibility index (Phi) is 31.3. The minimum atomic E-state index is -6.20. The molecule has 0 fully saturated rings. The van der Waals surface area contributed by atoms with Gasteiger partial charge in [-0.25, -0.2) is 0 Å². The number of carbonyl (C=O) groups is 16. The zero-order chi connectivity index (χ0) is 83.7. The lowest BCUT2D eigenvalue weighted by Gasteiger charge is -2.28. The summed E-state index contributed by atoms with van der Waals surface area (Å²) in [6.07, 6.45) is -6.47. The highest BCUT2D eigenvalue weighted by atomic mass is 31.2. The number of aromatic amines is 2. The summed E-state index contributed by atoms with van der Waals surface area (Å²) in [5.41, 5.74) is 2.09. The van der Waals surface area contributed by atoms with E-state index in [1.54, 1.807) is 85.1 Å². The topological polar surface area (TPSA) is 610 Å². The monoisotopic (exact) mass is 1610 g/mol. The lowest BCUT2D eigenvalue weighted by atomic mass is 10.00. The van der Waals surface area contributed by atoms with E-state index < -0.39 is 238 Å². The molecule has 40 heteroatoms. The van der Waals surface area contributed by atoms with Gasteiger partial charge in [-0.05, 0) is 52.8 Å². The van der Waals surface area contributed by atoms with Crippen LogP contribution in [0.1, 0.15) is 85.3 Å². The van der Waals surface area contributed by atoms with Crippen LogP contribution in [0, 0.1) is 0 Å². The number of alkyl halides is 2. The molecular formula is C74H82F2N13O24P. The quantitative estimate of drug-likeness (QED) is 0.0222. The number of hydrogen-bond donors (Lipinski definition) is 20. The molecule has 0 saturated carbocycles. The first-order chi connectivity index (χ1) is 53.8. The summed E-state index contributed by atoms with van der Waals surface area (Å²) >= 11 is 0. The highest BCUT2D eigenvalue weighted by Crippen LogP contribution is 2.59. The molecule has 2 heterocycles. The largest absolute Gasteiger partial charge is 0.481 e. The average molecular weight is 1610 g/mol. The van der Waals surface area contributed by atoms with Crippen molar-refractivity contribution in [3.05, 3.63) is 179 Å². The van der Waals surface area contributed by atoms with Crippen LogP contribution in [0.25, 0.3) is 21.8 Å². The summed E-state index contributed by atoms with van der Waals surface area (Å²) in [4.78, 5) is 242. The fraction of sp³-hybridized carbons (Fsp3) is 0.324. The molecule has 21 N–H and O–H groups in total. The van der Waals surface area contributed by atoms with Crippen molar-refractivity contribution in [2.75, 3.05) is 0 Å². The van der Waals surface area contributed by atoms with E-state index in [4.69, 9.17) is 5.73 Å². The van der Waals surface area contributed by atoms with Gasteiger partial charge in [-0.15, -0.1) is 0 Å². The summed E-state index contributed by atoms with van der Waals surface area (Å²) in [6.45, 7) is 1.07. The number of nitrogens with two attached hydrogens (primary N) is 1. The van der Waals surface area contributed by atoms with E-state index in [-0.39, 0.29) is 24.0 Å². The maximum atomic E-state index is 15.0. The second kappa shape index (κ2) is 40.6. The molecule has 114 heavy (non-hydrogen) atoms. The van der Waals surface area contributed by atoms with Crippen LogP contribution < -0.4 is 58.9 Å². The molecule has 37 nitrogen and oxygen atoms in total. The minimum Gasteiger partial charge on any atom is -0.481 e. The predicted octanol–water partition coefficient (Wildman–Crippen LogP) is -0.104. The summed E-state index contributed by atoms with van der Waals surface area (Å²) in [5.74, 6) is -22.4. The number of para-hydroxylation sites is 2. The predicted molar refractivity (Wildman–Crippen MR) is 395 cm³/mol. The van der Waals surface area contributed by atoms with Crippen molar-refractivity contribution in [2.45, 2.75) is 150 Å². The molecule has 0 aliphatic carbocycles. The average Bonchev–Trinajstić information content (AvgIpc) is 0.933. The lowest BCUT2D eigenvalue weighted by Crippen LogP contribution is -2.61. The third-order valence-corrected chi connectivity index (χ3v) is 18.7. The molecule has 0 aliphatic heterocycles. The zero-order valence-corrected chi connectivity index (χ0v) is 61.4. The summed E-state index contributed by atoms with van der Waals surface area (Å²) in [7, 11) is -6.20. The second-order valence-corrected chi connectivity index (χ2v) is 28.0. The van der Waals surface area contributed by atoms with Crippen LogP contribution in [0.3, 0.4) is 0 Å². The van der Waals surface area contributed by atoms with E-state index in [9.17, 15) is 112 Å². The van der Waals surface area contributed by atoms with Crippen LogP contribution in [-0.2, 0) is 119 Å². The Morgan fingerprint density at radius 1 is 0.368 bits per heavy atom. The van der Waals surface area contributed by atoms with Crippen LogP contribution in [0.15, 0.2) is 146 Å². The smallest absolute Gasteiger partial charge is 0.399 e. The number of halogens is 2. The SMILES string of the molecule is CC(=O)N[C@@H](Cc1c[nH]c2ccccc12)C(=O)N[C@@H](CC(=O)O)C(=O)N[C@@H](CCC(=O)O)C(=O)N[C@@H](CC(=O)O)C(=O)N[C@@H](Cc1ccccc1)C(=O)N[C@@H](Cc1ccc(C(F)(F)P(=O)(O)O)cc1)C(=O)N[C@@H](CC(=O)O)C(=O)N[C@@H](Cc1c[nH]c2ccccc12)C(=O)N[C@@H](CCC(=O)O)C(=O)N[C@@H](Cc1ccccc1)C(N)=O. The molecule has 0 saturated heterocycles. The maximum absolute atomic E-state index is 15.0. The van der Waals surface area contributed by atoms with Gasteiger partial charge in [0.05, 0.1) is 19.3 Å². The number of amides is 11. The number of carbonyl (C=O) groups excluding carboxylic acids is 11. The van der Waals surface area contributed by atoms with Gasteiger partial charge < -0.3 is 104 Å². The van der Waals surface area contributed by atoms with Gasteiger partial charge in [-0.1, -0.05) is 121 Å². The highest BCUT2D eigenvalue weighted by molar-refractivity contribution is 7.52. The number of hydrogen-bond acceptors (Lipinski definition) is 17. The molecular weight excluding hydrogens is 1520 g/mol. The summed E-state index contributed by atoms with van der Waals surface area (Å²) in [6, 6.07) is 12.0. The number of carboxylic acids is 5. The van der Waals surface area contributed by atoms with E-state index in [0.29, 0.717) is 50.6 Å². The van der Waals surface area contributed by atoms with Crippen LogP contribution in [0.5, 0.6) is 0 Å². The maximum Gasteiger partial charge on any atom is 0.399 e. The first kappa shape index (κ1) is 87.9. The van der Waals surface area contributed by atoms with Crippen LogP contribution in [0.2, 0.25) is 0 Å². The lowest BCUT2D eigenvalue weighted by molar-refractivity contribution is -0.143. The van der Waals surface area contributed by atoms with Crippen LogP contribution >= 0.6 is 7.60 Å². The molecule has 7 rings (SSSR count). The fourth-order valence-corrected chi connectivity index (χ4v) is 12.5. The van der Waals surface area contributed by atoms with Crippen molar-refractivity contribution in [3.63, 3.8) is 0 Å². The molecule has 0 spiro atoms. The zero-order valence-electron chi connectivity index (χ0n) is 60.5. The van der Waals surface area contributed by atoms with Crippen molar-refractivity contribution in [2.24, 2.45) is 5.73 Å². The first-order valence-electron chi connectivity index (χ1n) is 35.0. The fourth-order valence-electron chi connectivity index (χ4n) is 12.0. The second-order valence-electron chi connectivity index (χ2n) is 26.4. The van der Waals surface area contributed by atoms with Gasteiger partial charge in [-0.2, -0.15) is 8.78 Å². The molecule has 0 unspecified atom stereocenters. The molecule has 0 aliphatic rings. The van der Waals surface area contributed by atoms with Gasteiger partial charge in [-0.3, -0.25) is 81.3 Å². The number of primary amides is 1. The standard InChI is InChI=1S/C74H82F2N13O24P/c1-38(90)80-54(31-42-36-78-47-18-10-8-16-45(42)47)69(106)89-56(33-61(95)96)71(108)82-50(25-27-60(93)94)66(103)87-57(34-62(97)98)72(109)85-52(29-40-14-6-3-7-15-40)67(104)84-53(30-41-20-22-44(23-21-41)74(75,76)114(111,112)113)68(105)88-58(35-63(99)100)73(110)86-55(32-43-37-79-48-19-11-9-17-46(43)48)70(107)81-49(24-26-59(91)92)65(102)83-51(64(77)101)28-39-12-4-2-5-13-39/h2-23,36-37,49-58,78-79H,24-35H2,1H3,(H2,77,101)(H,80,90)(H,81,107)(H,82,108)(H,83,102)(H,84,104)(H,85,109)(H,86,110)(H,87,103)(H,88,105)(H,89,106)(H,91,92)(H,93,94)(H,95,96)(H,97,98)(H,99,100)(H2,111,112,113)/t49-,50-,51-,52-,53-,54-,55-,56-,57-,58-/m0/s1. The number of aromatic nitrogens is 2. The Morgan fingerprint density at radius 2 is 0.649 bits per heavy atom. The number of fused-ring (bicyclic) bond motifs is 2. The van der Waals surface area contributed by atoms with Crippen molar-refractivity contribution in [3.8, 4) is 0 Å². The Morgan fingerprint density at radius 3 is 0.982 bits per heavy atom. The number of H-pyrrole nitrogens is 2. The van der Waals surface area contributed by atoms with Gasteiger partial charge in [0.15, 0.2) is 0 Å². The third kappa shape index (κ3) is 26.2. The third-order valence-electron chi connectivity index (χ3n) is 17.7. The van der Waals surface area contributed by atoms with E-state index in [1.165, 1.54) is 36.5 Å². The molecule has 0 radical (unpaired) electrons. The van der Waals surface area contributed by atoms with E-state index in [0.717, 1.165) is 19.1 Å². The van der Waals surface area contributed by atoms with E-state index in [2.05, 4.69) is 63.1 Å². The first-order valence-corrected chi connectivity index (χ1v) is 36.6. The van der Waals surface area contributed by atoms with E-state index in [1.807, 2.05) is 0 Å². The van der Waals surface area contributed by atoms with Crippen LogP contribution in [-0.4, -0.2) is 201 Å². The highest BCUT2D eigenvalue weighted by Gasteiger charge is 2.50. The molecule has 5 aromatic carbocycles. The van der Waals surface area contributed by atoms with Crippen molar-refractivity contribution in [1.82, 2.24) is 63.1 Å². The normalized spacial score (nSPS) is 14.0. The molecule has 11 amide bonds. The number of aliphatic carboxylic acids is 5. The van der Waals surface area contributed by atoms with Gasteiger partial charge >= 0.3 is 43.1 Å². The Labute approximate surface area is 645 Å². The van der Waals surface area contributed by atoms with Gasteiger partial charge in [0.25, 0.3) is 0 Å². The Bertz CT molecular complexity index is 4770. The number of benzene rings is 5. The number of rotatable bonds is 44. The summed E-state index contributed by atoms with van der Waals surface area (Å²) in [5, 5.41) is 73.6. The van der Waals surface area contributed by atoms with Crippen molar-refractivity contribution in [1.29, 1.82) is 0 Å². The Balaban J connectivity index is 1.19. The Hall–Kier alpha value is -13.3. The number of nitrogens with one attached hydrogen (secondary N) is 12. The van der Waals surface area contributed by atoms with Crippen molar-refractivity contribution >= 4 is 124 Å².